The van der Waals surface area contributed by atoms with Crippen molar-refractivity contribution in [3.63, 3.8) is 0 Å². The Bertz CT molecular complexity index is 12000. The SMILES string of the molecule is c1ccc2c(c1)cn1c3c(ccc4sc5ccccc5c43)c3ccc4sc5ccccc5c4c3c21.c1ccc2c(c1)cn1c3cc4c(cc3c3ccc5c6ccccc6sc5c3c21)sc1ccccc14.c1ccc2c(c1)cn1c3cc4c(cc3c3ccc5sc6ccccc6c5c3c21)sc1ccccc14.c1ccc2c(c1)cn1c3ccc4c5ccccc5sc4c3c3ccc4c5ccccc5sc4c3c21. The summed E-state index contributed by atoms with van der Waals surface area (Å²) in [6, 6.07) is 144. The average Bonchev–Trinajstić information content (AvgIpc) is 1.54. The van der Waals surface area contributed by atoms with Crippen LogP contribution in [-0.4, -0.2) is 17.6 Å². The maximum absolute atomic E-state index is 2.50. The molecule has 12 heteroatoms. The smallest absolute Gasteiger partial charge is 0.0628 e. The van der Waals surface area contributed by atoms with Crippen molar-refractivity contribution >= 4 is 404 Å². The third kappa shape index (κ3) is 10.7. The van der Waals surface area contributed by atoms with Crippen LogP contribution in [0.4, 0.5) is 0 Å². The standard InChI is InChI=1S/4C32H17NS2/c1-2-8-19-18(7-1)17-33-26-15-25-21-10-4-5-11-27(21)34-29(25)16-24(26)22-13-14-23-20-9-3-6-12-28(20)35-32(23)30(22)31(19)33;1-2-8-19-18(7-1)17-33-25-16-15-23-21-10-4-5-11-26(21)34-31(23)28(25)24-14-13-22-20-9-3-6-12-27(20)35-32(22)29(24)30(19)33;1-2-8-19-18(7-1)17-33-31(19)30-20(13-15-26-28(30)22-9-3-5-11-24(22)34-26)21-14-16-27-29(32(21)33)23-10-4-6-12-25(23)35-27;1-2-8-19-18(7-1)17-33-25-15-24-20-9-3-5-11-26(20)35-29(24)16-23(25)21-13-14-28-30(31(21)32(19)33)22-10-4-6-12-27(22)34-28/h4*1-17H. The molecular formula is C128H68N4S8. The molecule has 140 heavy (non-hydrogen) atoms. The molecule has 0 aliphatic rings. The molecule has 36 rings (SSSR count). The Labute approximate surface area is 826 Å². The van der Waals surface area contributed by atoms with Gasteiger partial charge in [-0.15, -0.1) is 90.7 Å². The number of aromatic nitrogens is 4. The normalized spacial score (nSPS) is 12.6. The van der Waals surface area contributed by atoms with E-state index >= 15 is 0 Å². The van der Waals surface area contributed by atoms with Crippen LogP contribution in [0, 0.1) is 0 Å². The zero-order chi connectivity index (χ0) is 90.7. The Kier molecular flexibility index (Phi) is 16.0. The maximum atomic E-state index is 2.50. The van der Waals surface area contributed by atoms with E-state index in [1.807, 2.05) is 90.7 Å². The van der Waals surface area contributed by atoms with E-state index in [1.165, 1.54) is 313 Å². The molecule has 16 aromatic heterocycles. The van der Waals surface area contributed by atoms with E-state index in [-0.39, 0.29) is 0 Å². The monoisotopic (exact) mass is 1920 g/mol. The van der Waals surface area contributed by atoms with E-state index < -0.39 is 0 Å². The van der Waals surface area contributed by atoms with Gasteiger partial charge in [-0.1, -0.05) is 291 Å². The van der Waals surface area contributed by atoms with Gasteiger partial charge >= 0.3 is 0 Å². The Morgan fingerprint density at radius 3 is 0.807 bits per heavy atom. The number of hydrogen-bond donors (Lipinski definition) is 0. The highest BCUT2D eigenvalue weighted by Gasteiger charge is 2.27. The van der Waals surface area contributed by atoms with E-state index in [2.05, 4.69) is 431 Å². The Morgan fingerprint density at radius 2 is 0.379 bits per heavy atom. The highest BCUT2D eigenvalue weighted by atomic mass is 32.1. The second-order valence-electron chi connectivity index (χ2n) is 37.4. The lowest BCUT2D eigenvalue weighted by Gasteiger charge is -2.12. The van der Waals surface area contributed by atoms with Crippen LogP contribution in [0.5, 0.6) is 0 Å². The van der Waals surface area contributed by atoms with Crippen molar-refractivity contribution in [3.8, 4) is 0 Å². The van der Waals surface area contributed by atoms with Gasteiger partial charge in [0.25, 0.3) is 0 Å². The van der Waals surface area contributed by atoms with E-state index in [4.69, 9.17) is 0 Å². The summed E-state index contributed by atoms with van der Waals surface area (Å²) in [5.74, 6) is 0. The van der Waals surface area contributed by atoms with Crippen LogP contribution in [0.3, 0.4) is 0 Å². The van der Waals surface area contributed by atoms with Crippen LogP contribution >= 0.6 is 90.7 Å². The lowest BCUT2D eigenvalue weighted by Crippen LogP contribution is -1.91. The van der Waals surface area contributed by atoms with E-state index in [9.17, 15) is 0 Å². The van der Waals surface area contributed by atoms with Crippen molar-refractivity contribution in [2.75, 3.05) is 0 Å². The average molecular weight is 1920 g/mol. The number of benzene rings is 20. The van der Waals surface area contributed by atoms with Gasteiger partial charge in [-0.3, -0.25) is 0 Å². The van der Waals surface area contributed by atoms with Crippen LogP contribution in [0.15, 0.2) is 413 Å². The van der Waals surface area contributed by atoms with E-state index in [0.717, 1.165) is 0 Å². The first kappa shape index (κ1) is 77.4. The van der Waals surface area contributed by atoms with Crippen LogP contribution in [0.1, 0.15) is 0 Å². The molecule has 0 N–H and O–H groups in total. The summed E-state index contributed by atoms with van der Waals surface area (Å²) in [6.45, 7) is 0. The van der Waals surface area contributed by atoms with Gasteiger partial charge in [0.1, 0.15) is 0 Å². The third-order valence-corrected chi connectivity index (χ3v) is 39.5. The van der Waals surface area contributed by atoms with Crippen LogP contribution in [-0.2, 0) is 0 Å². The molecule has 4 nitrogen and oxygen atoms in total. The summed E-state index contributed by atoms with van der Waals surface area (Å²) in [7, 11) is 0. The van der Waals surface area contributed by atoms with Gasteiger partial charge in [-0.25, -0.2) is 0 Å². The van der Waals surface area contributed by atoms with Crippen LogP contribution < -0.4 is 0 Å². The Morgan fingerprint density at radius 1 is 0.121 bits per heavy atom. The minimum absolute atomic E-state index is 1.28. The van der Waals surface area contributed by atoms with Gasteiger partial charge in [0.2, 0.25) is 0 Å². The lowest BCUT2D eigenvalue weighted by molar-refractivity contribution is 1.30. The van der Waals surface area contributed by atoms with Gasteiger partial charge in [0, 0.05) is 272 Å². The molecule has 20 aromatic carbocycles. The molecule has 0 saturated heterocycles. The first-order chi connectivity index (χ1) is 69.4. The van der Waals surface area contributed by atoms with Crippen molar-refractivity contribution < 1.29 is 0 Å². The quantitative estimate of drug-likeness (QED) is 0.135. The summed E-state index contributed by atoms with van der Waals surface area (Å²) in [5.41, 5.74) is 10.4. The summed E-state index contributed by atoms with van der Waals surface area (Å²) in [6.07, 6.45) is 9.35. The van der Waals surface area contributed by atoms with Gasteiger partial charge in [0.15, 0.2) is 0 Å². The Balaban J connectivity index is 0.0000000829. The third-order valence-electron chi connectivity index (χ3n) is 30.2. The minimum atomic E-state index is 1.28. The molecule has 0 amide bonds. The minimum Gasteiger partial charge on any atom is -0.315 e. The molecule has 0 spiro atoms. The molecule has 648 valence electrons. The van der Waals surface area contributed by atoms with Crippen molar-refractivity contribution in [2.45, 2.75) is 0 Å². The fourth-order valence-corrected chi connectivity index (χ4v) is 33.7. The predicted octanol–water partition coefficient (Wildman–Crippen LogP) is 40.5. The van der Waals surface area contributed by atoms with Crippen LogP contribution in [0.2, 0.25) is 0 Å². The first-order valence-corrected chi connectivity index (χ1v) is 54.0. The summed E-state index contributed by atoms with van der Waals surface area (Å²) in [4.78, 5) is 0. The number of rotatable bonds is 0. The molecule has 0 radical (unpaired) electrons. The van der Waals surface area contributed by atoms with Gasteiger partial charge in [0.05, 0.1) is 44.1 Å². The number of pyridine rings is 4. The number of hydrogen-bond acceptors (Lipinski definition) is 8. The van der Waals surface area contributed by atoms with Gasteiger partial charge in [-0.2, -0.15) is 0 Å². The van der Waals surface area contributed by atoms with Crippen molar-refractivity contribution in [3.05, 3.63) is 413 Å². The first-order valence-electron chi connectivity index (χ1n) is 47.4. The van der Waals surface area contributed by atoms with E-state index in [0.29, 0.717) is 0 Å². The predicted molar refractivity (Wildman–Crippen MR) is 623 cm³/mol. The number of nitrogens with zero attached hydrogens (tertiary/aromatic N) is 4. The molecule has 0 atom stereocenters. The highest BCUT2D eigenvalue weighted by molar-refractivity contribution is 7.29. The zero-order valence-corrected chi connectivity index (χ0v) is 80.8. The molecule has 0 fully saturated rings. The van der Waals surface area contributed by atoms with E-state index in [1.54, 1.807) is 0 Å². The fourth-order valence-electron chi connectivity index (χ4n) is 24.3. The largest absolute Gasteiger partial charge is 0.315 e. The van der Waals surface area contributed by atoms with Gasteiger partial charge in [-0.05, 0) is 119 Å². The second kappa shape index (κ2) is 29.0. The van der Waals surface area contributed by atoms with Crippen molar-refractivity contribution in [1.82, 2.24) is 17.6 Å². The number of fused-ring (bicyclic) bond motifs is 62. The molecule has 16 heterocycles. The number of thiophene rings is 8. The van der Waals surface area contributed by atoms with Crippen molar-refractivity contribution in [2.24, 2.45) is 0 Å². The second-order valence-corrected chi connectivity index (χ2v) is 46.0. The zero-order valence-electron chi connectivity index (χ0n) is 74.3. The lowest BCUT2D eigenvalue weighted by atomic mass is 9.97. The summed E-state index contributed by atoms with van der Waals surface area (Å²) < 4.78 is 31.6. The highest BCUT2D eigenvalue weighted by Crippen LogP contribution is 2.55. The summed E-state index contributed by atoms with van der Waals surface area (Å²) >= 11 is 15.2. The van der Waals surface area contributed by atoms with Gasteiger partial charge < -0.3 is 17.6 Å². The molecule has 0 unspecified atom stereocenters. The molecule has 0 aliphatic carbocycles. The van der Waals surface area contributed by atoms with Crippen LogP contribution in [0.25, 0.3) is 313 Å². The molecule has 0 aliphatic heterocycles. The molecule has 36 aromatic rings. The molecule has 0 bridgehead atoms. The topological polar surface area (TPSA) is 17.6 Å². The summed E-state index contributed by atoms with van der Waals surface area (Å²) in [5, 5.41) is 48.3. The molecule has 0 saturated carbocycles. The Hall–Kier alpha value is -15.7. The maximum Gasteiger partial charge on any atom is 0.0628 e. The molecular weight excluding hydrogens is 1850 g/mol. The van der Waals surface area contributed by atoms with Crippen molar-refractivity contribution in [1.29, 1.82) is 0 Å². The fraction of sp³-hybridized carbons (Fsp3) is 0.